The van der Waals surface area contributed by atoms with E-state index in [2.05, 4.69) is 39.5 Å². The molecule has 0 aromatic carbocycles. The van der Waals surface area contributed by atoms with Crippen LogP contribution in [0.1, 0.15) is 41.0 Å². The SMILES string of the molecule is CCC1[C@@H](C)CN(C(C)C)C[C@@H]1C. The molecule has 78 valence electrons. The van der Waals surface area contributed by atoms with Gasteiger partial charge in [0.15, 0.2) is 0 Å². The molecule has 0 unspecified atom stereocenters. The molecular weight excluding hydrogens is 158 g/mol. The Hall–Kier alpha value is -0.0400. The van der Waals surface area contributed by atoms with Crippen LogP contribution in [0.3, 0.4) is 0 Å². The Morgan fingerprint density at radius 2 is 1.62 bits per heavy atom. The zero-order valence-electron chi connectivity index (χ0n) is 9.88. The van der Waals surface area contributed by atoms with Crippen LogP contribution in [0.2, 0.25) is 0 Å². The van der Waals surface area contributed by atoms with Crippen molar-refractivity contribution >= 4 is 0 Å². The van der Waals surface area contributed by atoms with Gasteiger partial charge in [-0.2, -0.15) is 0 Å². The van der Waals surface area contributed by atoms with Gasteiger partial charge in [-0.1, -0.05) is 27.2 Å². The molecule has 1 aliphatic rings. The predicted octanol–water partition coefficient (Wildman–Crippen LogP) is 3.01. The van der Waals surface area contributed by atoms with Gasteiger partial charge in [0, 0.05) is 19.1 Å². The molecule has 1 fully saturated rings. The zero-order chi connectivity index (χ0) is 10.0. The molecule has 1 heterocycles. The van der Waals surface area contributed by atoms with E-state index in [9.17, 15) is 0 Å². The molecule has 13 heavy (non-hydrogen) atoms. The van der Waals surface area contributed by atoms with E-state index in [4.69, 9.17) is 0 Å². The summed E-state index contributed by atoms with van der Waals surface area (Å²) in [6, 6.07) is 0.725. The summed E-state index contributed by atoms with van der Waals surface area (Å²) >= 11 is 0. The van der Waals surface area contributed by atoms with E-state index in [1.807, 2.05) is 0 Å². The highest BCUT2D eigenvalue weighted by Crippen LogP contribution is 2.31. The lowest BCUT2D eigenvalue weighted by atomic mass is 9.77. The summed E-state index contributed by atoms with van der Waals surface area (Å²) < 4.78 is 0. The highest BCUT2D eigenvalue weighted by molar-refractivity contribution is 4.83. The highest BCUT2D eigenvalue weighted by atomic mass is 15.2. The van der Waals surface area contributed by atoms with Crippen LogP contribution in [0.15, 0.2) is 0 Å². The Labute approximate surface area is 83.5 Å². The lowest BCUT2D eigenvalue weighted by Gasteiger charge is -2.43. The topological polar surface area (TPSA) is 3.24 Å². The second kappa shape index (κ2) is 4.45. The van der Waals surface area contributed by atoms with E-state index in [1.54, 1.807) is 0 Å². The molecule has 0 radical (unpaired) electrons. The van der Waals surface area contributed by atoms with Gasteiger partial charge in [-0.25, -0.2) is 0 Å². The molecule has 0 amide bonds. The lowest BCUT2D eigenvalue weighted by Crippen LogP contribution is -2.47. The first-order valence-electron chi connectivity index (χ1n) is 5.80. The van der Waals surface area contributed by atoms with Crippen molar-refractivity contribution in [2.75, 3.05) is 13.1 Å². The van der Waals surface area contributed by atoms with E-state index in [-0.39, 0.29) is 0 Å². The second-order valence-corrected chi connectivity index (χ2v) is 5.07. The number of nitrogens with zero attached hydrogens (tertiary/aromatic N) is 1. The summed E-state index contributed by atoms with van der Waals surface area (Å²) in [5.41, 5.74) is 0. The summed E-state index contributed by atoms with van der Waals surface area (Å²) in [7, 11) is 0. The molecule has 2 atom stereocenters. The van der Waals surface area contributed by atoms with Gasteiger partial charge in [-0.05, 0) is 31.6 Å². The van der Waals surface area contributed by atoms with Crippen molar-refractivity contribution in [3.8, 4) is 0 Å². The average molecular weight is 183 g/mol. The summed E-state index contributed by atoms with van der Waals surface area (Å²) in [6.45, 7) is 14.4. The van der Waals surface area contributed by atoms with E-state index in [1.165, 1.54) is 19.5 Å². The third-order valence-corrected chi connectivity index (χ3v) is 3.71. The van der Waals surface area contributed by atoms with Crippen molar-refractivity contribution in [3.63, 3.8) is 0 Å². The largest absolute Gasteiger partial charge is 0.300 e. The Morgan fingerprint density at radius 3 is 1.92 bits per heavy atom. The Bertz CT molecular complexity index is 141. The van der Waals surface area contributed by atoms with Gasteiger partial charge in [0.2, 0.25) is 0 Å². The van der Waals surface area contributed by atoms with Crippen LogP contribution in [0.4, 0.5) is 0 Å². The molecule has 1 heteroatoms. The molecule has 1 rings (SSSR count). The normalized spacial score (nSPS) is 32.8. The van der Waals surface area contributed by atoms with Crippen molar-refractivity contribution in [1.29, 1.82) is 0 Å². The molecule has 0 saturated carbocycles. The smallest absolute Gasteiger partial charge is 0.00388 e. The van der Waals surface area contributed by atoms with Gasteiger partial charge in [0.05, 0.1) is 0 Å². The molecule has 1 nitrogen and oxygen atoms in total. The van der Waals surface area contributed by atoms with Gasteiger partial charge in [-0.3, -0.25) is 0 Å². The fraction of sp³-hybridized carbons (Fsp3) is 1.00. The standard InChI is InChI=1S/C12H25N/c1-6-12-10(4)7-13(9(2)3)8-11(12)5/h9-12H,6-8H2,1-5H3/t10-,11-/m0/s1. The lowest BCUT2D eigenvalue weighted by molar-refractivity contribution is 0.0551. The van der Waals surface area contributed by atoms with E-state index >= 15 is 0 Å². The number of piperidine rings is 1. The highest BCUT2D eigenvalue weighted by Gasteiger charge is 2.31. The van der Waals surface area contributed by atoms with Crippen LogP contribution in [-0.2, 0) is 0 Å². The van der Waals surface area contributed by atoms with Crippen molar-refractivity contribution in [2.24, 2.45) is 17.8 Å². The zero-order valence-corrected chi connectivity index (χ0v) is 9.88. The molecule has 0 aromatic rings. The molecule has 0 aliphatic carbocycles. The minimum atomic E-state index is 0.725. The van der Waals surface area contributed by atoms with E-state index in [0.29, 0.717) is 0 Å². The fourth-order valence-corrected chi connectivity index (χ4v) is 2.87. The van der Waals surface area contributed by atoms with Gasteiger partial charge in [0.25, 0.3) is 0 Å². The fourth-order valence-electron chi connectivity index (χ4n) is 2.87. The summed E-state index contributed by atoms with van der Waals surface area (Å²) in [6.07, 6.45) is 1.36. The van der Waals surface area contributed by atoms with Crippen LogP contribution in [0.5, 0.6) is 0 Å². The van der Waals surface area contributed by atoms with Gasteiger partial charge < -0.3 is 4.90 Å². The second-order valence-electron chi connectivity index (χ2n) is 5.07. The van der Waals surface area contributed by atoms with E-state index in [0.717, 1.165) is 23.8 Å². The molecule has 0 N–H and O–H groups in total. The third-order valence-electron chi connectivity index (χ3n) is 3.71. The molecule has 1 aliphatic heterocycles. The molecule has 0 aromatic heterocycles. The molecular formula is C12H25N. The van der Waals surface area contributed by atoms with Crippen molar-refractivity contribution in [2.45, 2.75) is 47.1 Å². The van der Waals surface area contributed by atoms with Crippen molar-refractivity contribution in [1.82, 2.24) is 4.90 Å². The predicted molar refractivity (Wildman–Crippen MR) is 58.8 cm³/mol. The first kappa shape index (κ1) is 11.0. The quantitative estimate of drug-likeness (QED) is 0.636. The first-order chi connectivity index (χ1) is 6.06. The van der Waals surface area contributed by atoms with Crippen LogP contribution in [0, 0.1) is 17.8 Å². The Kier molecular flexibility index (Phi) is 3.78. The maximum Gasteiger partial charge on any atom is 0.00388 e. The summed E-state index contributed by atoms with van der Waals surface area (Å²) in [4.78, 5) is 2.63. The van der Waals surface area contributed by atoms with Crippen LogP contribution < -0.4 is 0 Å². The minimum absolute atomic E-state index is 0.725. The Balaban J connectivity index is 2.56. The summed E-state index contributed by atoms with van der Waals surface area (Å²) in [5, 5.41) is 0. The van der Waals surface area contributed by atoms with Crippen LogP contribution in [-0.4, -0.2) is 24.0 Å². The maximum absolute atomic E-state index is 2.63. The molecule has 0 spiro atoms. The number of hydrogen-bond acceptors (Lipinski definition) is 1. The number of hydrogen-bond donors (Lipinski definition) is 0. The molecule has 1 saturated heterocycles. The average Bonchev–Trinajstić information content (AvgIpc) is 2.03. The third kappa shape index (κ3) is 2.46. The minimum Gasteiger partial charge on any atom is -0.300 e. The van der Waals surface area contributed by atoms with Gasteiger partial charge >= 0.3 is 0 Å². The number of rotatable bonds is 2. The van der Waals surface area contributed by atoms with Crippen molar-refractivity contribution < 1.29 is 0 Å². The van der Waals surface area contributed by atoms with Crippen LogP contribution in [0.25, 0.3) is 0 Å². The van der Waals surface area contributed by atoms with Crippen LogP contribution >= 0.6 is 0 Å². The Morgan fingerprint density at radius 1 is 1.15 bits per heavy atom. The van der Waals surface area contributed by atoms with E-state index < -0.39 is 0 Å². The first-order valence-corrected chi connectivity index (χ1v) is 5.80. The van der Waals surface area contributed by atoms with Gasteiger partial charge in [0.1, 0.15) is 0 Å². The summed E-state index contributed by atoms with van der Waals surface area (Å²) in [5.74, 6) is 2.72. The van der Waals surface area contributed by atoms with Gasteiger partial charge in [-0.15, -0.1) is 0 Å². The monoisotopic (exact) mass is 183 g/mol. The number of likely N-dealkylation sites (tertiary alicyclic amines) is 1. The maximum atomic E-state index is 2.63. The molecule has 0 bridgehead atoms. The van der Waals surface area contributed by atoms with Crippen molar-refractivity contribution in [3.05, 3.63) is 0 Å².